The third-order valence-electron chi connectivity index (χ3n) is 7.85. The number of methoxy groups -OCH3 is 1. The van der Waals surface area contributed by atoms with Crippen molar-refractivity contribution in [2.45, 2.75) is 32.0 Å². The molecule has 5 rings (SSSR count). The zero-order valence-electron chi connectivity index (χ0n) is 24.5. The van der Waals surface area contributed by atoms with Crippen LogP contribution in [0.1, 0.15) is 30.1 Å². The molecule has 3 atom stereocenters. The standard InChI is InChI=1S/C31H35F2N7O4/c1-3-19(15-25(42)39-13-11-34-21(17-39)18-41)28(38-31(43)20-7-5-4-6-8-20)37-29-30-36-16-23(40(30)14-12-35-29)22-9-10-24(44-2)27(33)26(22)32/h4-10,12,14,16,19,21,28,34,41H,3,11,13,15,17-18H2,1-2H3,(H,35,37)(H,38,43)/t19?,21-,28?/m0/s1. The Hall–Kier alpha value is -4.62. The SMILES string of the molecule is CCC(CC(=O)N1CCN[C@H](CO)C1)C(NC(=O)c1ccccc1)Nc1nccn2c(-c3ccc(OC)c(F)c3F)cnc12. The number of carbonyl (C=O) groups excluding carboxylic acids is 2. The summed E-state index contributed by atoms with van der Waals surface area (Å²) in [4.78, 5) is 37.3. The molecule has 0 bridgehead atoms. The molecule has 232 valence electrons. The number of aliphatic hydroxyl groups is 1. The van der Waals surface area contributed by atoms with Crippen molar-refractivity contribution in [1.82, 2.24) is 29.9 Å². The van der Waals surface area contributed by atoms with Crippen LogP contribution in [0.5, 0.6) is 5.75 Å². The summed E-state index contributed by atoms with van der Waals surface area (Å²) in [5, 5.41) is 19.0. The predicted molar refractivity (Wildman–Crippen MR) is 160 cm³/mol. The highest BCUT2D eigenvalue weighted by Gasteiger charge is 2.30. The summed E-state index contributed by atoms with van der Waals surface area (Å²) >= 11 is 0. The summed E-state index contributed by atoms with van der Waals surface area (Å²) in [6.45, 7) is 3.33. The third kappa shape index (κ3) is 6.48. The van der Waals surface area contributed by atoms with Crippen LogP contribution in [0.25, 0.3) is 16.9 Å². The highest BCUT2D eigenvalue weighted by molar-refractivity contribution is 5.94. The first-order valence-electron chi connectivity index (χ1n) is 14.4. The molecule has 11 nitrogen and oxygen atoms in total. The van der Waals surface area contributed by atoms with Gasteiger partial charge in [-0.3, -0.25) is 14.0 Å². The number of benzene rings is 2. The molecule has 3 heterocycles. The number of imidazole rings is 1. The maximum Gasteiger partial charge on any atom is 0.252 e. The number of halogens is 2. The van der Waals surface area contributed by atoms with Crippen molar-refractivity contribution in [2.24, 2.45) is 5.92 Å². The van der Waals surface area contributed by atoms with Gasteiger partial charge in [0.15, 0.2) is 23.0 Å². The lowest BCUT2D eigenvalue weighted by Crippen LogP contribution is -2.55. The number of aliphatic hydroxyl groups excluding tert-OH is 1. The molecule has 2 aromatic carbocycles. The minimum atomic E-state index is -1.11. The first kappa shape index (κ1) is 30.8. The van der Waals surface area contributed by atoms with E-state index in [0.717, 1.165) is 0 Å². The van der Waals surface area contributed by atoms with Gasteiger partial charge in [0.2, 0.25) is 11.7 Å². The van der Waals surface area contributed by atoms with E-state index < -0.39 is 17.8 Å². The molecule has 1 fully saturated rings. The monoisotopic (exact) mass is 607 g/mol. The van der Waals surface area contributed by atoms with Crippen LogP contribution < -0.4 is 20.7 Å². The van der Waals surface area contributed by atoms with E-state index in [9.17, 15) is 19.1 Å². The zero-order chi connectivity index (χ0) is 31.2. The topological polar surface area (TPSA) is 133 Å². The lowest BCUT2D eigenvalue weighted by molar-refractivity contribution is -0.133. The lowest BCUT2D eigenvalue weighted by Gasteiger charge is -2.35. The molecule has 2 unspecified atom stereocenters. The lowest BCUT2D eigenvalue weighted by atomic mass is 9.96. The third-order valence-corrected chi connectivity index (χ3v) is 7.85. The van der Waals surface area contributed by atoms with Crippen molar-refractivity contribution in [3.05, 3.63) is 78.3 Å². The second-order valence-electron chi connectivity index (χ2n) is 10.6. The molecule has 0 spiro atoms. The summed E-state index contributed by atoms with van der Waals surface area (Å²) in [7, 11) is 1.26. The minimum absolute atomic E-state index is 0.0175. The molecular weight excluding hydrogens is 572 g/mol. The summed E-state index contributed by atoms with van der Waals surface area (Å²) in [5.41, 5.74) is 1.02. The van der Waals surface area contributed by atoms with Gasteiger partial charge >= 0.3 is 0 Å². The van der Waals surface area contributed by atoms with Crippen molar-refractivity contribution in [2.75, 3.05) is 38.7 Å². The highest BCUT2D eigenvalue weighted by atomic mass is 19.2. The molecule has 1 aliphatic rings. The summed E-state index contributed by atoms with van der Waals surface area (Å²) in [6.07, 6.45) is 4.38. The van der Waals surface area contributed by atoms with Crippen LogP contribution in [0, 0.1) is 17.6 Å². The maximum atomic E-state index is 15.0. The number of amides is 2. The van der Waals surface area contributed by atoms with Gasteiger partial charge in [0.25, 0.3) is 5.91 Å². The zero-order valence-corrected chi connectivity index (χ0v) is 24.5. The number of piperazine rings is 1. The Morgan fingerprint density at radius 1 is 1.16 bits per heavy atom. The fourth-order valence-corrected chi connectivity index (χ4v) is 5.37. The number of hydrogen-bond acceptors (Lipinski definition) is 8. The first-order valence-corrected chi connectivity index (χ1v) is 14.4. The van der Waals surface area contributed by atoms with Crippen molar-refractivity contribution in [3.63, 3.8) is 0 Å². The summed E-state index contributed by atoms with van der Waals surface area (Å²) in [6, 6.07) is 11.3. The van der Waals surface area contributed by atoms with Gasteiger partial charge in [0.1, 0.15) is 6.17 Å². The number of anilines is 1. The Kier molecular flexibility index (Phi) is 9.65. The molecule has 4 N–H and O–H groups in total. The smallest absolute Gasteiger partial charge is 0.252 e. The van der Waals surface area contributed by atoms with Crippen molar-refractivity contribution in [3.8, 4) is 17.0 Å². The van der Waals surface area contributed by atoms with Gasteiger partial charge in [0.05, 0.1) is 25.6 Å². The van der Waals surface area contributed by atoms with Gasteiger partial charge in [-0.25, -0.2) is 14.4 Å². The van der Waals surface area contributed by atoms with Crippen molar-refractivity contribution >= 4 is 23.3 Å². The normalized spacial score (nSPS) is 16.4. The molecule has 1 saturated heterocycles. The van der Waals surface area contributed by atoms with Crippen LogP contribution >= 0.6 is 0 Å². The Bertz CT molecular complexity index is 1620. The molecule has 4 aromatic rings. The van der Waals surface area contributed by atoms with E-state index in [2.05, 4.69) is 25.9 Å². The average molecular weight is 608 g/mol. The van der Waals surface area contributed by atoms with Crippen LogP contribution in [-0.4, -0.2) is 81.7 Å². The quantitative estimate of drug-likeness (QED) is 0.191. The molecule has 2 amide bonds. The number of hydrogen-bond donors (Lipinski definition) is 4. The van der Waals surface area contributed by atoms with E-state index in [-0.39, 0.29) is 59.6 Å². The molecule has 0 saturated carbocycles. The number of aromatic nitrogens is 3. The molecule has 2 aromatic heterocycles. The molecule has 1 aliphatic heterocycles. The van der Waals surface area contributed by atoms with Gasteiger partial charge in [-0.05, 0) is 30.7 Å². The Morgan fingerprint density at radius 3 is 2.68 bits per heavy atom. The van der Waals surface area contributed by atoms with Crippen molar-refractivity contribution in [1.29, 1.82) is 0 Å². The Labute approximate surface area is 253 Å². The second-order valence-corrected chi connectivity index (χ2v) is 10.6. The largest absolute Gasteiger partial charge is 0.494 e. The summed E-state index contributed by atoms with van der Waals surface area (Å²) in [5.74, 6) is -2.92. The molecule has 44 heavy (non-hydrogen) atoms. The van der Waals surface area contributed by atoms with E-state index in [1.807, 2.05) is 13.0 Å². The Morgan fingerprint density at radius 2 is 1.95 bits per heavy atom. The van der Waals surface area contributed by atoms with Crippen molar-refractivity contribution < 1.29 is 28.2 Å². The number of ether oxygens (including phenoxy) is 1. The average Bonchev–Trinajstić information content (AvgIpc) is 3.49. The van der Waals surface area contributed by atoms with Crippen LogP contribution in [0.4, 0.5) is 14.6 Å². The van der Waals surface area contributed by atoms with E-state index in [1.165, 1.54) is 31.6 Å². The van der Waals surface area contributed by atoms with Gasteiger partial charge in [-0.1, -0.05) is 25.1 Å². The minimum Gasteiger partial charge on any atom is -0.494 e. The maximum absolute atomic E-state index is 15.0. The molecule has 13 heteroatoms. The summed E-state index contributed by atoms with van der Waals surface area (Å²) < 4.78 is 36.0. The predicted octanol–water partition coefficient (Wildman–Crippen LogP) is 3.06. The van der Waals surface area contributed by atoms with E-state index >= 15 is 4.39 Å². The van der Waals surface area contributed by atoms with Crippen LogP contribution in [0.3, 0.4) is 0 Å². The fraction of sp³-hybridized carbons (Fsp3) is 0.355. The van der Waals surface area contributed by atoms with E-state index in [1.54, 1.807) is 39.8 Å². The van der Waals surface area contributed by atoms with Gasteiger partial charge < -0.3 is 30.7 Å². The Balaban J connectivity index is 1.46. The van der Waals surface area contributed by atoms with Crippen LogP contribution in [0.2, 0.25) is 0 Å². The van der Waals surface area contributed by atoms with Gasteiger partial charge in [-0.2, -0.15) is 4.39 Å². The van der Waals surface area contributed by atoms with Crippen LogP contribution in [0.15, 0.2) is 61.1 Å². The molecule has 0 aliphatic carbocycles. The van der Waals surface area contributed by atoms with Gasteiger partial charge in [-0.15, -0.1) is 0 Å². The fourth-order valence-electron chi connectivity index (χ4n) is 5.37. The molecule has 0 radical (unpaired) electrons. The van der Waals surface area contributed by atoms with E-state index in [0.29, 0.717) is 37.3 Å². The highest BCUT2D eigenvalue weighted by Crippen LogP contribution is 2.31. The van der Waals surface area contributed by atoms with E-state index in [4.69, 9.17) is 4.74 Å². The number of nitrogens with one attached hydrogen (secondary N) is 3. The second kappa shape index (κ2) is 13.8. The number of nitrogens with zero attached hydrogens (tertiary/aromatic N) is 4. The number of rotatable bonds is 11. The first-order chi connectivity index (χ1) is 21.3. The number of carbonyl (C=O) groups is 2. The number of fused-ring (bicyclic) bond motifs is 1. The van der Waals surface area contributed by atoms with Gasteiger partial charge in [0, 0.05) is 61.5 Å². The van der Waals surface area contributed by atoms with Crippen LogP contribution in [-0.2, 0) is 4.79 Å². The molecular formula is C31H35F2N7O4.